The second-order valence-electron chi connectivity index (χ2n) is 8.52. The molecule has 6 nitrogen and oxygen atoms in total. The number of rotatable bonds is 6. The lowest BCUT2D eigenvalue weighted by Crippen LogP contribution is -2.24. The van der Waals surface area contributed by atoms with Crippen molar-refractivity contribution in [1.29, 1.82) is 0 Å². The number of nitrogens with zero attached hydrogens (tertiary/aromatic N) is 5. The summed E-state index contributed by atoms with van der Waals surface area (Å²) >= 11 is 0. The molecule has 0 amide bonds. The molecule has 0 N–H and O–H groups in total. The predicted molar refractivity (Wildman–Crippen MR) is 122 cm³/mol. The summed E-state index contributed by atoms with van der Waals surface area (Å²) in [6.45, 7) is 4.34. The number of ether oxygens (including phenoxy) is 1. The molecule has 6 heteroatoms. The van der Waals surface area contributed by atoms with Crippen molar-refractivity contribution in [3.63, 3.8) is 0 Å². The van der Waals surface area contributed by atoms with E-state index in [4.69, 9.17) is 14.7 Å². The highest BCUT2D eigenvalue weighted by atomic mass is 16.5. The van der Waals surface area contributed by atoms with E-state index in [1.54, 1.807) is 7.11 Å². The van der Waals surface area contributed by atoms with Crippen molar-refractivity contribution in [2.45, 2.75) is 38.5 Å². The van der Waals surface area contributed by atoms with Gasteiger partial charge in [0.05, 0.1) is 12.5 Å². The Balaban J connectivity index is 1.48. The molecule has 3 aromatic rings. The highest BCUT2D eigenvalue weighted by Crippen LogP contribution is 2.32. The number of hydrogen-bond donors (Lipinski definition) is 0. The number of benzene rings is 1. The van der Waals surface area contributed by atoms with Crippen molar-refractivity contribution in [2.24, 2.45) is 7.05 Å². The van der Waals surface area contributed by atoms with Crippen molar-refractivity contribution >= 4 is 22.8 Å². The van der Waals surface area contributed by atoms with Gasteiger partial charge < -0.3 is 19.1 Å². The van der Waals surface area contributed by atoms with Gasteiger partial charge in [-0.2, -0.15) is 9.97 Å². The molecular formula is C24H31N5O. The summed E-state index contributed by atoms with van der Waals surface area (Å²) in [6, 6.07) is 10.7. The summed E-state index contributed by atoms with van der Waals surface area (Å²) in [5, 5.41) is 1.20. The Morgan fingerprint density at radius 3 is 2.20 bits per heavy atom. The largest absolute Gasteiger partial charge is 0.497 e. The van der Waals surface area contributed by atoms with Crippen LogP contribution in [-0.4, -0.2) is 47.8 Å². The summed E-state index contributed by atoms with van der Waals surface area (Å²) in [4.78, 5) is 14.9. The van der Waals surface area contributed by atoms with Crippen LogP contribution in [0.1, 0.15) is 36.9 Å². The molecule has 0 unspecified atom stereocenters. The predicted octanol–water partition coefficient (Wildman–Crippen LogP) is 3.96. The Morgan fingerprint density at radius 2 is 1.53 bits per heavy atom. The Kier molecular flexibility index (Phi) is 5.23. The molecule has 4 heterocycles. The maximum absolute atomic E-state index is 5.28. The van der Waals surface area contributed by atoms with Gasteiger partial charge >= 0.3 is 0 Å². The third kappa shape index (κ3) is 3.59. The molecule has 0 bridgehead atoms. The average Bonchev–Trinajstić information content (AvgIpc) is 3.54. The second-order valence-corrected chi connectivity index (χ2v) is 8.52. The van der Waals surface area contributed by atoms with Crippen LogP contribution in [-0.2, 0) is 19.9 Å². The normalized spacial score (nSPS) is 16.7. The number of methoxy groups -OCH3 is 1. The van der Waals surface area contributed by atoms with Gasteiger partial charge in [-0.1, -0.05) is 12.1 Å². The van der Waals surface area contributed by atoms with Gasteiger partial charge in [-0.25, -0.2) is 0 Å². The standard InChI is InChI=1S/C24H31N5O/c1-27-19(10-7-18-8-11-20(30-2)12-9-18)17-21-22(27)25-24(29-15-5-6-16-29)26-23(21)28-13-3-4-14-28/h8-9,11-12,17H,3-7,10,13-16H2,1-2H3. The molecule has 0 saturated carbocycles. The van der Waals surface area contributed by atoms with Crippen LogP contribution in [0.4, 0.5) is 11.8 Å². The van der Waals surface area contributed by atoms with E-state index in [2.05, 4.69) is 39.6 Å². The molecule has 30 heavy (non-hydrogen) atoms. The summed E-state index contributed by atoms with van der Waals surface area (Å²) in [5.74, 6) is 2.94. The fourth-order valence-electron chi connectivity index (χ4n) is 4.75. The van der Waals surface area contributed by atoms with E-state index in [1.165, 1.54) is 42.3 Å². The van der Waals surface area contributed by atoms with Gasteiger partial charge in [0, 0.05) is 38.9 Å². The lowest BCUT2D eigenvalue weighted by Gasteiger charge is -2.21. The molecule has 2 saturated heterocycles. The molecule has 0 spiro atoms. The minimum absolute atomic E-state index is 0.906. The van der Waals surface area contributed by atoms with Crippen molar-refractivity contribution in [2.75, 3.05) is 43.1 Å². The molecular weight excluding hydrogens is 374 g/mol. The Bertz CT molecular complexity index is 1010. The third-order valence-corrected chi connectivity index (χ3v) is 6.58. The van der Waals surface area contributed by atoms with Gasteiger partial charge in [-0.05, 0) is 62.3 Å². The van der Waals surface area contributed by atoms with Gasteiger partial charge in [-0.15, -0.1) is 0 Å². The van der Waals surface area contributed by atoms with Crippen LogP contribution in [0.15, 0.2) is 30.3 Å². The minimum Gasteiger partial charge on any atom is -0.497 e. The monoisotopic (exact) mass is 405 g/mol. The van der Waals surface area contributed by atoms with Crippen molar-refractivity contribution in [3.05, 3.63) is 41.6 Å². The quantitative estimate of drug-likeness (QED) is 0.621. The van der Waals surface area contributed by atoms with Gasteiger partial charge in [-0.3, -0.25) is 0 Å². The average molecular weight is 406 g/mol. The van der Waals surface area contributed by atoms with Gasteiger partial charge in [0.2, 0.25) is 5.95 Å². The molecule has 5 rings (SSSR count). The molecule has 158 valence electrons. The molecule has 2 aromatic heterocycles. The highest BCUT2D eigenvalue weighted by molar-refractivity contribution is 5.90. The first-order valence-electron chi connectivity index (χ1n) is 11.2. The topological polar surface area (TPSA) is 46.4 Å². The van der Waals surface area contributed by atoms with Gasteiger partial charge in [0.25, 0.3) is 0 Å². The first-order valence-corrected chi connectivity index (χ1v) is 11.2. The van der Waals surface area contributed by atoms with Crippen LogP contribution >= 0.6 is 0 Å². The van der Waals surface area contributed by atoms with E-state index >= 15 is 0 Å². The van der Waals surface area contributed by atoms with E-state index in [0.717, 1.165) is 62.2 Å². The van der Waals surface area contributed by atoms with Crippen LogP contribution in [0, 0.1) is 0 Å². The SMILES string of the molecule is COc1ccc(CCc2cc3c(N4CCCC4)nc(N4CCCC4)nc3n2C)cc1. The van der Waals surface area contributed by atoms with Crippen molar-refractivity contribution < 1.29 is 4.74 Å². The number of aryl methyl sites for hydroxylation is 3. The number of aromatic nitrogens is 3. The molecule has 1 aromatic carbocycles. The second kappa shape index (κ2) is 8.17. The van der Waals surface area contributed by atoms with Crippen LogP contribution in [0.3, 0.4) is 0 Å². The minimum atomic E-state index is 0.906. The Labute approximate surface area is 178 Å². The van der Waals surface area contributed by atoms with Crippen LogP contribution < -0.4 is 14.5 Å². The van der Waals surface area contributed by atoms with Crippen LogP contribution in [0.5, 0.6) is 5.75 Å². The van der Waals surface area contributed by atoms with E-state index < -0.39 is 0 Å². The Morgan fingerprint density at radius 1 is 0.867 bits per heavy atom. The van der Waals surface area contributed by atoms with E-state index in [0.29, 0.717) is 0 Å². The smallest absolute Gasteiger partial charge is 0.229 e. The van der Waals surface area contributed by atoms with E-state index in [9.17, 15) is 0 Å². The highest BCUT2D eigenvalue weighted by Gasteiger charge is 2.24. The molecule has 2 aliphatic rings. The summed E-state index contributed by atoms with van der Waals surface area (Å²) in [6.07, 6.45) is 6.96. The maximum Gasteiger partial charge on any atom is 0.229 e. The number of fused-ring (bicyclic) bond motifs is 1. The lowest BCUT2D eigenvalue weighted by atomic mass is 10.1. The fourth-order valence-corrected chi connectivity index (χ4v) is 4.75. The lowest BCUT2D eigenvalue weighted by molar-refractivity contribution is 0.414. The van der Waals surface area contributed by atoms with Gasteiger partial charge in [0.1, 0.15) is 17.2 Å². The molecule has 0 atom stereocenters. The molecule has 2 aliphatic heterocycles. The molecule has 2 fully saturated rings. The Hall–Kier alpha value is -2.76. The number of hydrogen-bond acceptors (Lipinski definition) is 5. The number of anilines is 2. The zero-order valence-corrected chi connectivity index (χ0v) is 18.1. The summed E-state index contributed by atoms with van der Waals surface area (Å²) < 4.78 is 7.56. The van der Waals surface area contributed by atoms with Crippen molar-refractivity contribution in [3.8, 4) is 5.75 Å². The third-order valence-electron chi connectivity index (χ3n) is 6.58. The van der Waals surface area contributed by atoms with Gasteiger partial charge in [0.15, 0.2) is 0 Å². The first-order chi connectivity index (χ1) is 14.7. The summed E-state index contributed by atoms with van der Waals surface area (Å²) in [5.41, 5.74) is 3.71. The molecule has 0 aliphatic carbocycles. The van der Waals surface area contributed by atoms with Crippen LogP contribution in [0.25, 0.3) is 11.0 Å². The van der Waals surface area contributed by atoms with E-state index in [-0.39, 0.29) is 0 Å². The summed E-state index contributed by atoms with van der Waals surface area (Å²) in [7, 11) is 3.86. The van der Waals surface area contributed by atoms with Crippen LogP contribution in [0.2, 0.25) is 0 Å². The fraction of sp³-hybridized carbons (Fsp3) is 0.500. The zero-order chi connectivity index (χ0) is 20.5. The zero-order valence-electron chi connectivity index (χ0n) is 18.1. The first kappa shape index (κ1) is 19.2. The van der Waals surface area contributed by atoms with Crippen molar-refractivity contribution in [1.82, 2.24) is 14.5 Å². The van der Waals surface area contributed by atoms with E-state index in [1.807, 2.05) is 12.1 Å². The molecule has 0 radical (unpaired) electrons. The maximum atomic E-state index is 5.28.